The number of nitrogens with zero attached hydrogens (tertiary/aromatic N) is 5. The average molecular weight is 464 g/mol. The van der Waals surface area contributed by atoms with Crippen molar-refractivity contribution in [1.82, 2.24) is 20.3 Å². The predicted octanol–water partition coefficient (Wildman–Crippen LogP) is 4.21. The summed E-state index contributed by atoms with van der Waals surface area (Å²) < 4.78 is 29.7. The first kappa shape index (κ1) is 22.2. The van der Waals surface area contributed by atoms with Gasteiger partial charge in [0.05, 0.1) is 18.1 Å². The fourth-order valence-corrected chi connectivity index (χ4v) is 4.33. The van der Waals surface area contributed by atoms with Crippen molar-refractivity contribution in [1.29, 1.82) is 0 Å². The molecular formula is C25H27F2N7. The Morgan fingerprint density at radius 2 is 1.85 bits per heavy atom. The molecule has 1 saturated heterocycles. The first-order valence-corrected chi connectivity index (χ1v) is 11.5. The molecule has 0 saturated carbocycles. The fraction of sp³-hybridized carbons (Fsp3) is 0.320. The molecule has 1 aromatic carbocycles. The highest BCUT2D eigenvalue weighted by atomic mass is 19.1. The van der Waals surface area contributed by atoms with E-state index in [1.807, 2.05) is 32.1 Å². The summed E-state index contributed by atoms with van der Waals surface area (Å²) in [6.07, 6.45) is 6.59. The molecular weight excluding hydrogens is 436 g/mol. The SMILES string of the molecule is CC(C)N1CC=Cc2c(F)cc(-c3nc(Nc4ccc(N5CCNCC5)cn4)ncc3F)cc21. The molecule has 2 aliphatic rings. The molecule has 176 valence electrons. The Hall–Kier alpha value is -3.59. The highest BCUT2D eigenvalue weighted by Gasteiger charge is 2.22. The number of rotatable bonds is 5. The lowest BCUT2D eigenvalue weighted by Gasteiger charge is -2.32. The van der Waals surface area contributed by atoms with Crippen molar-refractivity contribution in [2.45, 2.75) is 19.9 Å². The minimum absolute atomic E-state index is 0.0369. The van der Waals surface area contributed by atoms with Crippen LogP contribution in [-0.2, 0) is 0 Å². The van der Waals surface area contributed by atoms with Gasteiger partial charge in [-0.25, -0.2) is 23.7 Å². The van der Waals surface area contributed by atoms with Gasteiger partial charge in [0.15, 0.2) is 5.82 Å². The molecule has 0 amide bonds. The molecule has 0 atom stereocenters. The molecule has 34 heavy (non-hydrogen) atoms. The van der Waals surface area contributed by atoms with Gasteiger partial charge in [-0.05, 0) is 38.1 Å². The topological polar surface area (TPSA) is 69.2 Å². The first-order chi connectivity index (χ1) is 16.5. The van der Waals surface area contributed by atoms with E-state index in [2.05, 4.69) is 35.4 Å². The zero-order valence-electron chi connectivity index (χ0n) is 19.2. The molecule has 3 aromatic rings. The van der Waals surface area contributed by atoms with E-state index in [1.165, 1.54) is 6.07 Å². The van der Waals surface area contributed by atoms with E-state index >= 15 is 0 Å². The molecule has 2 aromatic heterocycles. The fourth-order valence-electron chi connectivity index (χ4n) is 4.33. The van der Waals surface area contributed by atoms with Crippen molar-refractivity contribution in [2.24, 2.45) is 0 Å². The summed E-state index contributed by atoms with van der Waals surface area (Å²) in [5, 5.41) is 6.36. The zero-order valence-corrected chi connectivity index (χ0v) is 19.2. The predicted molar refractivity (Wildman–Crippen MR) is 132 cm³/mol. The van der Waals surface area contributed by atoms with E-state index in [1.54, 1.807) is 18.3 Å². The Balaban J connectivity index is 1.42. The van der Waals surface area contributed by atoms with E-state index in [0.29, 0.717) is 23.5 Å². The van der Waals surface area contributed by atoms with E-state index in [-0.39, 0.29) is 17.7 Å². The van der Waals surface area contributed by atoms with Crippen molar-refractivity contribution in [3.8, 4) is 11.3 Å². The molecule has 0 radical (unpaired) electrons. The number of hydrogen-bond donors (Lipinski definition) is 2. The van der Waals surface area contributed by atoms with Crippen molar-refractivity contribution < 1.29 is 8.78 Å². The van der Waals surface area contributed by atoms with Crippen LogP contribution in [0.2, 0.25) is 0 Å². The Kier molecular flexibility index (Phi) is 6.10. The number of benzene rings is 1. The lowest BCUT2D eigenvalue weighted by atomic mass is 10.0. The van der Waals surface area contributed by atoms with Gasteiger partial charge in [-0.15, -0.1) is 0 Å². The first-order valence-electron chi connectivity index (χ1n) is 11.5. The molecule has 0 unspecified atom stereocenters. The van der Waals surface area contributed by atoms with Crippen LogP contribution >= 0.6 is 0 Å². The standard InChI is InChI=1S/C25H27F2N7/c1-16(2)34-9-3-4-19-20(26)12-17(13-22(19)34)24-21(27)15-30-25(32-24)31-23-6-5-18(14-29-23)33-10-7-28-8-11-33/h3-6,12-16,28H,7-11H2,1-2H3,(H,29,30,31,32). The number of hydrogen-bond acceptors (Lipinski definition) is 7. The Labute approximate surface area is 197 Å². The molecule has 0 bridgehead atoms. The number of halogens is 2. The third-order valence-corrected chi connectivity index (χ3v) is 6.11. The maximum Gasteiger partial charge on any atom is 0.229 e. The number of piperazine rings is 1. The molecule has 7 nitrogen and oxygen atoms in total. The van der Waals surface area contributed by atoms with Crippen molar-refractivity contribution in [3.05, 3.63) is 59.9 Å². The zero-order chi connectivity index (χ0) is 23.7. The van der Waals surface area contributed by atoms with Gasteiger partial charge in [-0.2, -0.15) is 0 Å². The Morgan fingerprint density at radius 3 is 2.59 bits per heavy atom. The maximum absolute atomic E-state index is 14.9. The molecule has 4 heterocycles. The minimum Gasteiger partial charge on any atom is -0.368 e. The third kappa shape index (κ3) is 4.43. The second-order valence-corrected chi connectivity index (χ2v) is 8.69. The third-order valence-electron chi connectivity index (χ3n) is 6.11. The molecule has 2 aliphatic heterocycles. The van der Waals surface area contributed by atoms with E-state index in [0.717, 1.165) is 43.8 Å². The smallest absolute Gasteiger partial charge is 0.229 e. The van der Waals surface area contributed by atoms with Gasteiger partial charge < -0.3 is 20.4 Å². The highest BCUT2D eigenvalue weighted by molar-refractivity contribution is 5.78. The number of pyridine rings is 1. The Morgan fingerprint density at radius 1 is 1.03 bits per heavy atom. The number of anilines is 4. The second kappa shape index (κ2) is 9.34. The summed E-state index contributed by atoms with van der Waals surface area (Å²) in [7, 11) is 0. The average Bonchev–Trinajstić information content (AvgIpc) is 2.86. The molecule has 9 heteroatoms. The molecule has 0 spiro atoms. The lowest BCUT2D eigenvalue weighted by molar-refractivity contribution is 0.589. The summed E-state index contributed by atoms with van der Waals surface area (Å²) in [6.45, 7) is 8.51. The van der Waals surface area contributed by atoms with Crippen LogP contribution < -0.4 is 20.4 Å². The summed E-state index contributed by atoms with van der Waals surface area (Å²) in [4.78, 5) is 17.2. The van der Waals surface area contributed by atoms with E-state index in [9.17, 15) is 8.78 Å². The van der Waals surface area contributed by atoms with Gasteiger partial charge in [-0.1, -0.05) is 12.2 Å². The van der Waals surface area contributed by atoms with E-state index < -0.39 is 11.6 Å². The van der Waals surface area contributed by atoms with Gasteiger partial charge in [-0.3, -0.25) is 0 Å². The largest absolute Gasteiger partial charge is 0.368 e. The van der Waals surface area contributed by atoms with Gasteiger partial charge in [0.25, 0.3) is 0 Å². The number of aromatic nitrogens is 3. The number of fused-ring (bicyclic) bond motifs is 1. The van der Waals surface area contributed by atoms with Crippen LogP contribution in [0.15, 0.2) is 42.7 Å². The van der Waals surface area contributed by atoms with Crippen LogP contribution in [0, 0.1) is 11.6 Å². The quantitative estimate of drug-likeness (QED) is 0.587. The molecule has 0 aliphatic carbocycles. The highest BCUT2D eigenvalue weighted by Crippen LogP contribution is 2.35. The van der Waals surface area contributed by atoms with Gasteiger partial charge in [0, 0.05) is 55.6 Å². The molecule has 5 rings (SSSR count). The van der Waals surface area contributed by atoms with Crippen LogP contribution in [0.25, 0.3) is 17.3 Å². The van der Waals surface area contributed by atoms with Gasteiger partial charge in [0.2, 0.25) is 5.95 Å². The minimum atomic E-state index is -0.616. The monoisotopic (exact) mass is 463 g/mol. The lowest BCUT2D eigenvalue weighted by Crippen LogP contribution is -2.43. The molecule has 2 N–H and O–H groups in total. The van der Waals surface area contributed by atoms with Crippen LogP contribution in [0.3, 0.4) is 0 Å². The summed E-state index contributed by atoms with van der Waals surface area (Å²) in [5.74, 6) is -0.289. The second-order valence-electron chi connectivity index (χ2n) is 8.69. The van der Waals surface area contributed by atoms with Gasteiger partial charge in [0.1, 0.15) is 17.3 Å². The van der Waals surface area contributed by atoms with Crippen LogP contribution in [0.4, 0.5) is 31.9 Å². The Bertz CT molecular complexity index is 1200. The normalized spacial score (nSPS) is 15.6. The summed E-state index contributed by atoms with van der Waals surface area (Å²) in [6, 6.07) is 7.11. The maximum atomic E-state index is 14.9. The van der Waals surface area contributed by atoms with Crippen molar-refractivity contribution in [3.63, 3.8) is 0 Å². The van der Waals surface area contributed by atoms with Crippen LogP contribution in [0.5, 0.6) is 0 Å². The summed E-state index contributed by atoms with van der Waals surface area (Å²) >= 11 is 0. The van der Waals surface area contributed by atoms with Crippen LogP contribution in [-0.4, -0.2) is 53.7 Å². The summed E-state index contributed by atoms with van der Waals surface area (Å²) in [5.41, 5.74) is 2.67. The van der Waals surface area contributed by atoms with E-state index in [4.69, 9.17) is 0 Å². The molecule has 1 fully saturated rings. The van der Waals surface area contributed by atoms with Crippen molar-refractivity contribution in [2.75, 3.05) is 47.8 Å². The van der Waals surface area contributed by atoms with Gasteiger partial charge >= 0.3 is 0 Å². The number of nitrogens with one attached hydrogen (secondary N) is 2. The van der Waals surface area contributed by atoms with Crippen LogP contribution in [0.1, 0.15) is 19.4 Å². The van der Waals surface area contributed by atoms with Crippen molar-refractivity contribution >= 4 is 29.2 Å².